The summed E-state index contributed by atoms with van der Waals surface area (Å²) >= 11 is 0. The van der Waals surface area contributed by atoms with E-state index in [0.29, 0.717) is 6.54 Å². The highest BCUT2D eigenvalue weighted by Gasteiger charge is 2.15. The number of unbranched alkanes of at least 4 members (excludes halogenated alkanes) is 1. The summed E-state index contributed by atoms with van der Waals surface area (Å²) in [4.78, 5) is 0. The Bertz CT molecular complexity index is 348. The van der Waals surface area contributed by atoms with Crippen LogP contribution in [0.3, 0.4) is 0 Å². The van der Waals surface area contributed by atoms with E-state index in [-0.39, 0.29) is 18.4 Å². The molecule has 0 saturated heterocycles. The van der Waals surface area contributed by atoms with Crippen molar-refractivity contribution < 1.29 is 9.47 Å². The van der Waals surface area contributed by atoms with E-state index >= 15 is 0 Å². The summed E-state index contributed by atoms with van der Waals surface area (Å²) in [5.74, 6) is 1.45. The SMILES string of the molecule is COc1cccc([C@@H](N)CCCCN)c1OC.Cl. The lowest BCUT2D eigenvalue weighted by molar-refractivity contribution is 0.348. The number of halogens is 1. The predicted molar refractivity (Wildman–Crippen MR) is 76.6 cm³/mol. The monoisotopic (exact) mass is 274 g/mol. The smallest absolute Gasteiger partial charge is 0.165 e. The van der Waals surface area contributed by atoms with E-state index in [2.05, 4.69) is 0 Å². The van der Waals surface area contributed by atoms with E-state index in [1.807, 2.05) is 18.2 Å². The first-order valence-corrected chi connectivity index (χ1v) is 5.91. The van der Waals surface area contributed by atoms with Crippen LogP contribution in [0.25, 0.3) is 0 Å². The molecule has 104 valence electrons. The van der Waals surface area contributed by atoms with Gasteiger partial charge in [-0.25, -0.2) is 0 Å². The third-order valence-electron chi connectivity index (χ3n) is 2.80. The van der Waals surface area contributed by atoms with Crippen LogP contribution in [-0.2, 0) is 0 Å². The Morgan fingerprint density at radius 2 is 1.89 bits per heavy atom. The van der Waals surface area contributed by atoms with Crippen LogP contribution in [0, 0.1) is 0 Å². The third kappa shape index (κ3) is 4.37. The predicted octanol–water partition coefficient (Wildman–Crippen LogP) is 2.25. The number of nitrogens with two attached hydrogens (primary N) is 2. The topological polar surface area (TPSA) is 70.5 Å². The zero-order chi connectivity index (χ0) is 12.7. The van der Waals surface area contributed by atoms with Crippen LogP contribution >= 0.6 is 12.4 Å². The van der Waals surface area contributed by atoms with Crippen molar-refractivity contribution in [2.75, 3.05) is 20.8 Å². The molecular formula is C13H23ClN2O2. The Balaban J connectivity index is 0.00000289. The summed E-state index contributed by atoms with van der Waals surface area (Å²) in [5, 5.41) is 0. The number of benzene rings is 1. The Morgan fingerprint density at radius 1 is 1.17 bits per heavy atom. The molecule has 1 atom stereocenters. The van der Waals surface area contributed by atoms with Gasteiger partial charge in [0.2, 0.25) is 0 Å². The molecule has 5 heteroatoms. The number of methoxy groups -OCH3 is 2. The van der Waals surface area contributed by atoms with E-state index in [1.54, 1.807) is 14.2 Å². The van der Waals surface area contributed by atoms with Crippen molar-refractivity contribution in [3.63, 3.8) is 0 Å². The van der Waals surface area contributed by atoms with E-state index in [0.717, 1.165) is 36.3 Å². The molecule has 0 amide bonds. The first-order valence-electron chi connectivity index (χ1n) is 5.91. The van der Waals surface area contributed by atoms with Crippen LogP contribution in [-0.4, -0.2) is 20.8 Å². The Labute approximate surface area is 115 Å². The maximum Gasteiger partial charge on any atom is 0.165 e. The van der Waals surface area contributed by atoms with Crippen molar-refractivity contribution in [1.82, 2.24) is 0 Å². The Kier molecular flexibility index (Phi) is 8.54. The lowest BCUT2D eigenvalue weighted by Gasteiger charge is -2.17. The quantitative estimate of drug-likeness (QED) is 0.748. The lowest BCUT2D eigenvalue weighted by Crippen LogP contribution is -2.12. The molecule has 0 bridgehead atoms. The average molecular weight is 275 g/mol. The van der Waals surface area contributed by atoms with Crippen LogP contribution in [0.4, 0.5) is 0 Å². The molecule has 1 aromatic carbocycles. The zero-order valence-electron chi connectivity index (χ0n) is 11.0. The molecule has 18 heavy (non-hydrogen) atoms. The normalized spacial score (nSPS) is 11.6. The molecular weight excluding hydrogens is 252 g/mol. The highest BCUT2D eigenvalue weighted by atomic mass is 35.5. The van der Waals surface area contributed by atoms with Crippen molar-refractivity contribution in [2.45, 2.75) is 25.3 Å². The minimum absolute atomic E-state index is 0. The van der Waals surface area contributed by atoms with Crippen LogP contribution in [0.5, 0.6) is 11.5 Å². The Morgan fingerprint density at radius 3 is 2.44 bits per heavy atom. The van der Waals surface area contributed by atoms with Crippen LogP contribution in [0.1, 0.15) is 30.9 Å². The summed E-state index contributed by atoms with van der Waals surface area (Å²) in [6.45, 7) is 0.710. The molecule has 4 N–H and O–H groups in total. The minimum atomic E-state index is -0.0356. The summed E-state index contributed by atoms with van der Waals surface area (Å²) in [5.41, 5.74) is 12.6. The van der Waals surface area contributed by atoms with Gasteiger partial charge in [0.05, 0.1) is 14.2 Å². The number of hydrogen-bond acceptors (Lipinski definition) is 4. The largest absolute Gasteiger partial charge is 0.493 e. The maximum absolute atomic E-state index is 6.16. The molecule has 4 nitrogen and oxygen atoms in total. The van der Waals surface area contributed by atoms with Gasteiger partial charge in [-0.05, 0) is 25.5 Å². The van der Waals surface area contributed by atoms with Gasteiger partial charge in [-0.2, -0.15) is 0 Å². The summed E-state index contributed by atoms with van der Waals surface area (Å²) in [7, 11) is 3.26. The molecule has 1 rings (SSSR count). The Hall–Kier alpha value is -0.970. The standard InChI is InChI=1S/C13H22N2O2.ClH/c1-16-12-8-5-6-10(13(12)17-2)11(15)7-3-4-9-14;/h5-6,8,11H,3-4,7,9,14-15H2,1-2H3;1H/t11-;/m0./s1. The maximum atomic E-state index is 6.16. The number of para-hydroxylation sites is 1. The van der Waals surface area contributed by atoms with Crippen molar-refractivity contribution in [1.29, 1.82) is 0 Å². The summed E-state index contributed by atoms with van der Waals surface area (Å²) < 4.78 is 10.6. The van der Waals surface area contributed by atoms with Crippen molar-refractivity contribution in [3.05, 3.63) is 23.8 Å². The highest BCUT2D eigenvalue weighted by Crippen LogP contribution is 2.35. The van der Waals surface area contributed by atoms with Gasteiger partial charge in [0.15, 0.2) is 11.5 Å². The van der Waals surface area contributed by atoms with Crippen molar-refractivity contribution in [2.24, 2.45) is 11.5 Å². The second kappa shape index (κ2) is 9.03. The number of rotatable bonds is 7. The van der Waals surface area contributed by atoms with Crippen molar-refractivity contribution in [3.8, 4) is 11.5 Å². The molecule has 1 aromatic rings. The highest BCUT2D eigenvalue weighted by molar-refractivity contribution is 5.85. The van der Waals surface area contributed by atoms with Crippen LogP contribution in [0.2, 0.25) is 0 Å². The third-order valence-corrected chi connectivity index (χ3v) is 2.80. The zero-order valence-corrected chi connectivity index (χ0v) is 11.8. The van der Waals surface area contributed by atoms with Crippen LogP contribution in [0.15, 0.2) is 18.2 Å². The number of hydrogen-bond donors (Lipinski definition) is 2. The molecule has 0 spiro atoms. The molecule has 0 aliphatic heterocycles. The second-order valence-corrected chi connectivity index (χ2v) is 3.97. The van der Waals surface area contributed by atoms with Crippen molar-refractivity contribution >= 4 is 12.4 Å². The number of ether oxygens (including phenoxy) is 2. The summed E-state index contributed by atoms with van der Waals surface area (Å²) in [6, 6.07) is 5.75. The van der Waals surface area contributed by atoms with Gasteiger partial charge >= 0.3 is 0 Å². The molecule has 0 aliphatic carbocycles. The van der Waals surface area contributed by atoms with E-state index < -0.39 is 0 Å². The van der Waals surface area contributed by atoms with Gasteiger partial charge in [-0.1, -0.05) is 18.6 Å². The molecule has 0 fully saturated rings. The lowest BCUT2D eigenvalue weighted by atomic mass is 10.0. The average Bonchev–Trinajstić information content (AvgIpc) is 2.37. The molecule has 0 radical (unpaired) electrons. The minimum Gasteiger partial charge on any atom is -0.493 e. The van der Waals surface area contributed by atoms with Gasteiger partial charge in [0.1, 0.15) is 0 Å². The van der Waals surface area contributed by atoms with E-state index in [4.69, 9.17) is 20.9 Å². The van der Waals surface area contributed by atoms with Crippen LogP contribution < -0.4 is 20.9 Å². The van der Waals surface area contributed by atoms with Gasteiger partial charge in [-0.3, -0.25) is 0 Å². The molecule has 0 unspecified atom stereocenters. The first-order chi connectivity index (χ1) is 8.24. The van der Waals surface area contributed by atoms with Gasteiger partial charge in [-0.15, -0.1) is 12.4 Å². The van der Waals surface area contributed by atoms with Gasteiger partial charge < -0.3 is 20.9 Å². The fraction of sp³-hybridized carbons (Fsp3) is 0.538. The second-order valence-electron chi connectivity index (χ2n) is 3.97. The van der Waals surface area contributed by atoms with Gasteiger partial charge in [0, 0.05) is 11.6 Å². The molecule has 0 heterocycles. The fourth-order valence-corrected chi connectivity index (χ4v) is 1.87. The molecule has 0 aromatic heterocycles. The first kappa shape index (κ1) is 17.0. The van der Waals surface area contributed by atoms with E-state index in [9.17, 15) is 0 Å². The van der Waals surface area contributed by atoms with E-state index in [1.165, 1.54) is 0 Å². The molecule has 0 aliphatic rings. The molecule has 0 saturated carbocycles. The fourth-order valence-electron chi connectivity index (χ4n) is 1.87. The summed E-state index contributed by atoms with van der Waals surface area (Å²) in [6.07, 6.45) is 2.93. The van der Waals surface area contributed by atoms with Gasteiger partial charge in [0.25, 0.3) is 0 Å².